The zero-order valence-electron chi connectivity index (χ0n) is 9.31. The third-order valence-corrected chi connectivity index (χ3v) is 3.35. The van der Waals surface area contributed by atoms with Gasteiger partial charge in [0, 0.05) is 0 Å². The molecule has 1 saturated carbocycles. The third-order valence-electron chi connectivity index (χ3n) is 3.35. The van der Waals surface area contributed by atoms with Crippen molar-refractivity contribution in [3.8, 4) is 0 Å². The van der Waals surface area contributed by atoms with Crippen LogP contribution in [0.25, 0.3) is 0 Å². The fraction of sp³-hybridized carbons (Fsp3) is 1.00. The van der Waals surface area contributed by atoms with E-state index in [1.54, 1.807) is 0 Å². The van der Waals surface area contributed by atoms with Crippen LogP contribution in [0.15, 0.2) is 0 Å². The molecular weight excluding hydrogens is 158 g/mol. The molecule has 0 aromatic heterocycles. The first-order valence-corrected chi connectivity index (χ1v) is 5.97. The Morgan fingerprint density at radius 1 is 1.23 bits per heavy atom. The summed E-state index contributed by atoms with van der Waals surface area (Å²) >= 11 is 0. The van der Waals surface area contributed by atoms with E-state index in [0.717, 1.165) is 11.8 Å². The van der Waals surface area contributed by atoms with E-state index in [9.17, 15) is 0 Å². The molecule has 1 unspecified atom stereocenters. The largest absolute Gasteiger partial charge is 0.320 e. The molecule has 1 atom stereocenters. The summed E-state index contributed by atoms with van der Waals surface area (Å²) in [6.07, 6.45) is 10.3. The highest BCUT2D eigenvalue weighted by molar-refractivity contribution is 4.68. The second-order valence-electron chi connectivity index (χ2n) is 4.74. The fourth-order valence-corrected chi connectivity index (χ4v) is 2.50. The van der Waals surface area contributed by atoms with Crippen LogP contribution in [0, 0.1) is 11.8 Å². The van der Waals surface area contributed by atoms with Crippen LogP contribution in [0.3, 0.4) is 0 Å². The third kappa shape index (κ3) is 4.66. The molecule has 1 aliphatic rings. The predicted molar refractivity (Wildman–Crippen MR) is 58.9 cm³/mol. The average molecular weight is 183 g/mol. The Morgan fingerprint density at radius 2 is 1.92 bits per heavy atom. The number of hydrogen-bond donors (Lipinski definition) is 1. The average Bonchev–Trinajstić information content (AvgIpc) is 2.16. The monoisotopic (exact) mass is 183 g/mol. The van der Waals surface area contributed by atoms with Gasteiger partial charge < -0.3 is 5.32 Å². The Balaban J connectivity index is 2.07. The summed E-state index contributed by atoms with van der Waals surface area (Å²) in [6.45, 7) is 3.60. The summed E-state index contributed by atoms with van der Waals surface area (Å²) in [6, 6.07) is 0. The maximum absolute atomic E-state index is 3.24. The van der Waals surface area contributed by atoms with Crippen molar-refractivity contribution >= 4 is 0 Å². The molecule has 0 saturated heterocycles. The lowest BCUT2D eigenvalue weighted by atomic mass is 9.82. The van der Waals surface area contributed by atoms with Gasteiger partial charge in [-0.3, -0.25) is 0 Å². The maximum atomic E-state index is 3.24. The van der Waals surface area contributed by atoms with Gasteiger partial charge in [0.25, 0.3) is 0 Å². The first-order chi connectivity index (χ1) is 6.33. The molecular formula is C12H25N. The molecule has 1 N–H and O–H groups in total. The normalized spacial score (nSPS) is 21.7. The van der Waals surface area contributed by atoms with Gasteiger partial charge in [0.2, 0.25) is 0 Å². The van der Waals surface area contributed by atoms with Gasteiger partial charge in [0.05, 0.1) is 0 Å². The van der Waals surface area contributed by atoms with E-state index in [1.165, 1.54) is 51.5 Å². The van der Waals surface area contributed by atoms with Gasteiger partial charge >= 0.3 is 0 Å². The molecule has 0 amide bonds. The zero-order chi connectivity index (χ0) is 9.52. The molecule has 1 fully saturated rings. The van der Waals surface area contributed by atoms with E-state index >= 15 is 0 Å². The molecule has 1 heteroatoms. The second kappa shape index (κ2) is 6.42. The van der Waals surface area contributed by atoms with E-state index in [0.29, 0.717) is 0 Å². The smallest absolute Gasteiger partial charge is 0.00494 e. The standard InChI is InChI=1S/C12H25N/c1-11(8-9-13-2)10-12-6-4-3-5-7-12/h11-13H,3-10H2,1-2H3. The van der Waals surface area contributed by atoms with Crippen LogP contribution < -0.4 is 5.32 Å². The Labute approximate surface area is 83.3 Å². The van der Waals surface area contributed by atoms with Crippen molar-refractivity contribution in [2.45, 2.75) is 51.9 Å². The van der Waals surface area contributed by atoms with Gasteiger partial charge in [-0.1, -0.05) is 39.0 Å². The molecule has 1 rings (SSSR count). The lowest BCUT2D eigenvalue weighted by Crippen LogP contribution is -2.15. The highest BCUT2D eigenvalue weighted by Crippen LogP contribution is 2.29. The molecule has 0 aromatic rings. The zero-order valence-corrected chi connectivity index (χ0v) is 9.31. The van der Waals surface area contributed by atoms with Crippen molar-refractivity contribution in [3.63, 3.8) is 0 Å². The van der Waals surface area contributed by atoms with Crippen molar-refractivity contribution in [1.82, 2.24) is 5.32 Å². The van der Waals surface area contributed by atoms with Crippen molar-refractivity contribution in [1.29, 1.82) is 0 Å². The topological polar surface area (TPSA) is 12.0 Å². The van der Waals surface area contributed by atoms with Gasteiger partial charge in [0.15, 0.2) is 0 Å². The van der Waals surface area contributed by atoms with Crippen molar-refractivity contribution in [3.05, 3.63) is 0 Å². The molecule has 0 aliphatic heterocycles. The minimum atomic E-state index is 0.926. The predicted octanol–water partition coefficient (Wildman–Crippen LogP) is 3.20. The number of rotatable bonds is 5. The number of hydrogen-bond acceptors (Lipinski definition) is 1. The van der Waals surface area contributed by atoms with Crippen LogP contribution in [0.1, 0.15) is 51.9 Å². The van der Waals surface area contributed by atoms with Crippen LogP contribution in [-0.4, -0.2) is 13.6 Å². The van der Waals surface area contributed by atoms with Crippen LogP contribution >= 0.6 is 0 Å². The second-order valence-corrected chi connectivity index (χ2v) is 4.74. The van der Waals surface area contributed by atoms with Gasteiger partial charge in [-0.15, -0.1) is 0 Å². The first-order valence-electron chi connectivity index (χ1n) is 5.97. The van der Waals surface area contributed by atoms with E-state index in [1.807, 2.05) is 7.05 Å². The SMILES string of the molecule is CNCCC(C)CC1CCCCC1. The van der Waals surface area contributed by atoms with Crippen molar-refractivity contribution in [2.24, 2.45) is 11.8 Å². The van der Waals surface area contributed by atoms with E-state index in [4.69, 9.17) is 0 Å². The molecule has 1 aliphatic carbocycles. The Kier molecular flexibility index (Phi) is 5.45. The summed E-state index contributed by atoms with van der Waals surface area (Å²) in [5.74, 6) is 1.98. The van der Waals surface area contributed by atoms with Gasteiger partial charge in [0.1, 0.15) is 0 Å². The first kappa shape index (κ1) is 11.0. The Bertz CT molecular complexity index is 116. The molecule has 0 bridgehead atoms. The van der Waals surface area contributed by atoms with Gasteiger partial charge in [-0.25, -0.2) is 0 Å². The van der Waals surface area contributed by atoms with Crippen molar-refractivity contribution in [2.75, 3.05) is 13.6 Å². The summed E-state index contributed by atoms with van der Waals surface area (Å²) in [7, 11) is 2.05. The minimum absolute atomic E-state index is 0.926. The van der Waals surface area contributed by atoms with E-state index in [-0.39, 0.29) is 0 Å². The highest BCUT2D eigenvalue weighted by atomic mass is 14.8. The van der Waals surface area contributed by atoms with Crippen LogP contribution in [0.5, 0.6) is 0 Å². The summed E-state index contributed by atoms with van der Waals surface area (Å²) in [4.78, 5) is 0. The molecule has 78 valence electrons. The lowest BCUT2D eigenvalue weighted by Gasteiger charge is -2.24. The molecule has 0 aromatic carbocycles. The van der Waals surface area contributed by atoms with Crippen LogP contribution in [0.4, 0.5) is 0 Å². The maximum Gasteiger partial charge on any atom is -0.00494 e. The Hall–Kier alpha value is -0.0400. The summed E-state index contributed by atoms with van der Waals surface area (Å²) in [5, 5.41) is 3.24. The molecule has 13 heavy (non-hydrogen) atoms. The molecule has 0 heterocycles. The summed E-state index contributed by atoms with van der Waals surface area (Å²) in [5.41, 5.74) is 0. The van der Waals surface area contributed by atoms with Gasteiger partial charge in [-0.05, 0) is 38.3 Å². The van der Waals surface area contributed by atoms with Crippen molar-refractivity contribution < 1.29 is 0 Å². The molecule has 1 nitrogen and oxygen atoms in total. The molecule has 0 spiro atoms. The Morgan fingerprint density at radius 3 is 2.54 bits per heavy atom. The fourth-order valence-electron chi connectivity index (χ4n) is 2.50. The minimum Gasteiger partial charge on any atom is -0.320 e. The number of nitrogens with one attached hydrogen (secondary N) is 1. The molecule has 0 radical (unpaired) electrons. The van der Waals surface area contributed by atoms with E-state index in [2.05, 4.69) is 12.2 Å². The lowest BCUT2D eigenvalue weighted by molar-refractivity contribution is 0.289. The highest BCUT2D eigenvalue weighted by Gasteiger charge is 2.15. The quantitative estimate of drug-likeness (QED) is 0.690. The van der Waals surface area contributed by atoms with Crippen LogP contribution in [-0.2, 0) is 0 Å². The summed E-state index contributed by atoms with van der Waals surface area (Å²) < 4.78 is 0. The van der Waals surface area contributed by atoms with Gasteiger partial charge in [-0.2, -0.15) is 0 Å². The van der Waals surface area contributed by atoms with Crippen LogP contribution in [0.2, 0.25) is 0 Å². The van der Waals surface area contributed by atoms with E-state index < -0.39 is 0 Å².